The number of rotatable bonds is 2. The van der Waals surface area contributed by atoms with Crippen molar-refractivity contribution in [1.82, 2.24) is 14.6 Å². The van der Waals surface area contributed by atoms with E-state index in [1.807, 2.05) is 23.6 Å². The van der Waals surface area contributed by atoms with Gasteiger partial charge in [0.05, 0.1) is 0 Å². The molecule has 16 heavy (non-hydrogen) atoms. The molecule has 0 fully saturated rings. The standard InChI is InChI=1S/C11H10N4S/c12-9-7-16-11-13-10(14-15(9)11)6-8-4-2-1-3-5-8/h1-5,7H,6,12H2. The zero-order valence-corrected chi connectivity index (χ0v) is 9.31. The minimum atomic E-state index is 0.645. The van der Waals surface area contributed by atoms with Gasteiger partial charge in [-0.15, -0.1) is 16.4 Å². The molecule has 0 aliphatic heterocycles. The lowest BCUT2D eigenvalue weighted by Gasteiger charge is -1.94. The average Bonchev–Trinajstić information content (AvgIpc) is 2.83. The highest BCUT2D eigenvalue weighted by Gasteiger charge is 2.07. The molecule has 0 aliphatic rings. The Labute approximate surface area is 96.4 Å². The predicted molar refractivity (Wildman–Crippen MR) is 64.5 cm³/mol. The molecule has 1 aromatic carbocycles. The Morgan fingerprint density at radius 3 is 2.81 bits per heavy atom. The van der Waals surface area contributed by atoms with Crippen LogP contribution in [-0.4, -0.2) is 14.6 Å². The third-order valence-corrected chi connectivity index (χ3v) is 3.19. The van der Waals surface area contributed by atoms with Gasteiger partial charge in [-0.2, -0.15) is 4.52 Å². The number of nitrogen functional groups attached to an aromatic ring is 1. The highest BCUT2D eigenvalue weighted by Crippen LogP contribution is 2.16. The lowest BCUT2D eigenvalue weighted by molar-refractivity contribution is 0.914. The molecule has 4 nitrogen and oxygen atoms in total. The van der Waals surface area contributed by atoms with Crippen molar-refractivity contribution >= 4 is 22.1 Å². The summed E-state index contributed by atoms with van der Waals surface area (Å²) in [6.45, 7) is 0. The lowest BCUT2D eigenvalue weighted by Crippen LogP contribution is -1.95. The summed E-state index contributed by atoms with van der Waals surface area (Å²) in [4.78, 5) is 5.27. The zero-order chi connectivity index (χ0) is 11.0. The molecule has 2 aromatic heterocycles. The maximum absolute atomic E-state index is 5.75. The van der Waals surface area contributed by atoms with E-state index in [-0.39, 0.29) is 0 Å². The van der Waals surface area contributed by atoms with E-state index in [2.05, 4.69) is 22.2 Å². The fourth-order valence-electron chi connectivity index (χ4n) is 1.60. The number of aromatic nitrogens is 3. The zero-order valence-electron chi connectivity index (χ0n) is 8.50. The monoisotopic (exact) mass is 230 g/mol. The van der Waals surface area contributed by atoms with E-state index in [0.29, 0.717) is 5.82 Å². The van der Waals surface area contributed by atoms with Crippen molar-refractivity contribution in [3.05, 3.63) is 47.1 Å². The highest BCUT2D eigenvalue weighted by atomic mass is 32.1. The second-order valence-corrected chi connectivity index (χ2v) is 4.38. The summed E-state index contributed by atoms with van der Waals surface area (Å²) in [7, 11) is 0. The molecular weight excluding hydrogens is 220 g/mol. The van der Waals surface area contributed by atoms with Crippen LogP contribution in [0.15, 0.2) is 35.7 Å². The Bertz CT molecular complexity index is 611. The van der Waals surface area contributed by atoms with Crippen LogP contribution in [0.2, 0.25) is 0 Å². The summed E-state index contributed by atoms with van der Waals surface area (Å²) in [5.41, 5.74) is 6.96. The molecule has 3 aromatic rings. The molecule has 0 unspecified atom stereocenters. The number of benzene rings is 1. The Morgan fingerprint density at radius 2 is 2.06 bits per heavy atom. The maximum Gasteiger partial charge on any atom is 0.214 e. The van der Waals surface area contributed by atoms with Crippen molar-refractivity contribution in [2.24, 2.45) is 0 Å². The van der Waals surface area contributed by atoms with E-state index < -0.39 is 0 Å². The molecule has 0 amide bonds. The van der Waals surface area contributed by atoms with Crippen molar-refractivity contribution in [3.63, 3.8) is 0 Å². The largest absolute Gasteiger partial charge is 0.383 e. The van der Waals surface area contributed by atoms with E-state index in [9.17, 15) is 0 Å². The number of nitrogens with zero attached hydrogens (tertiary/aromatic N) is 3. The molecule has 0 saturated carbocycles. The highest BCUT2D eigenvalue weighted by molar-refractivity contribution is 7.15. The SMILES string of the molecule is Nc1csc2nc(Cc3ccccc3)nn12. The summed E-state index contributed by atoms with van der Waals surface area (Å²) in [6, 6.07) is 10.2. The number of fused-ring (bicyclic) bond motifs is 1. The minimum absolute atomic E-state index is 0.645. The molecule has 3 rings (SSSR count). The summed E-state index contributed by atoms with van der Waals surface area (Å²) in [5, 5.41) is 6.21. The van der Waals surface area contributed by atoms with Gasteiger partial charge in [0.25, 0.3) is 0 Å². The third-order valence-electron chi connectivity index (χ3n) is 2.36. The van der Waals surface area contributed by atoms with E-state index in [0.717, 1.165) is 17.2 Å². The Balaban J connectivity index is 1.95. The first-order valence-electron chi connectivity index (χ1n) is 4.95. The minimum Gasteiger partial charge on any atom is -0.383 e. The topological polar surface area (TPSA) is 56.2 Å². The van der Waals surface area contributed by atoms with E-state index >= 15 is 0 Å². The van der Waals surface area contributed by atoms with Crippen LogP contribution in [-0.2, 0) is 6.42 Å². The van der Waals surface area contributed by atoms with Crippen LogP contribution in [0.4, 0.5) is 5.82 Å². The second-order valence-electron chi connectivity index (χ2n) is 3.55. The van der Waals surface area contributed by atoms with E-state index in [4.69, 9.17) is 5.73 Å². The first kappa shape index (κ1) is 9.35. The smallest absolute Gasteiger partial charge is 0.214 e. The average molecular weight is 230 g/mol. The van der Waals surface area contributed by atoms with Gasteiger partial charge in [-0.1, -0.05) is 30.3 Å². The summed E-state index contributed by atoms with van der Waals surface area (Å²) >= 11 is 1.51. The van der Waals surface area contributed by atoms with Crippen LogP contribution in [0, 0.1) is 0 Å². The summed E-state index contributed by atoms with van der Waals surface area (Å²) in [5.74, 6) is 1.46. The van der Waals surface area contributed by atoms with Gasteiger partial charge >= 0.3 is 0 Å². The van der Waals surface area contributed by atoms with Gasteiger partial charge in [0, 0.05) is 11.8 Å². The molecular formula is C11H10N4S. The molecule has 0 bridgehead atoms. The normalized spacial score (nSPS) is 11.0. The van der Waals surface area contributed by atoms with Crippen LogP contribution in [0.3, 0.4) is 0 Å². The van der Waals surface area contributed by atoms with E-state index in [1.54, 1.807) is 4.52 Å². The number of anilines is 1. The van der Waals surface area contributed by atoms with Crippen molar-refractivity contribution in [2.75, 3.05) is 5.73 Å². The van der Waals surface area contributed by atoms with Gasteiger partial charge < -0.3 is 5.73 Å². The lowest BCUT2D eigenvalue weighted by atomic mass is 10.1. The third kappa shape index (κ3) is 1.55. The predicted octanol–water partition coefficient (Wildman–Crippen LogP) is 1.96. The van der Waals surface area contributed by atoms with Gasteiger partial charge in [-0.3, -0.25) is 0 Å². The maximum atomic E-state index is 5.75. The molecule has 0 atom stereocenters. The van der Waals surface area contributed by atoms with Crippen LogP contribution in [0.1, 0.15) is 11.4 Å². The quantitative estimate of drug-likeness (QED) is 0.732. The fraction of sp³-hybridized carbons (Fsp3) is 0.0909. The van der Waals surface area contributed by atoms with Crippen molar-refractivity contribution in [3.8, 4) is 0 Å². The van der Waals surface area contributed by atoms with Gasteiger partial charge in [-0.25, -0.2) is 4.98 Å². The molecule has 80 valence electrons. The fourth-order valence-corrected chi connectivity index (χ4v) is 2.33. The van der Waals surface area contributed by atoms with Crippen molar-refractivity contribution in [2.45, 2.75) is 6.42 Å². The molecule has 5 heteroatoms. The van der Waals surface area contributed by atoms with Crippen molar-refractivity contribution in [1.29, 1.82) is 0 Å². The van der Waals surface area contributed by atoms with E-state index in [1.165, 1.54) is 16.9 Å². The number of hydrogen-bond acceptors (Lipinski definition) is 4. The Kier molecular flexibility index (Phi) is 2.11. The van der Waals surface area contributed by atoms with Gasteiger partial charge in [0.2, 0.25) is 4.96 Å². The molecule has 0 spiro atoms. The first-order chi connectivity index (χ1) is 7.83. The Morgan fingerprint density at radius 1 is 1.25 bits per heavy atom. The van der Waals surface area contributed by atoms with Crippen LogP contribution >= 0.6 is 11.3 Å². The number of nitrogens with two attached hydrogens (primary N) is 1. The summed E-state index contributed by atoms with van der Waals surface area (Å²) in [6.07, 6.45) is 0.745. The summed E-state index contributed by atoms with van der Waals surface area (Å²) < 4.78 is 1.68. The Hall–Kier alpha value is -1.88. The van der Waals surface area contributed by atoms with Crippen molar-refractivity contribution < 1.29 is 0 Å². The second kappa shape index (κ2) is 3.61. The molecule has 0 radical (unpaired) electrons. The molecule has 2 heterocycles. The van der Waals surface area contributed by atoms with Crippen LogP contribution in [0.25, 0.3) is 4.96 Å². The van der Waals surface area contributed by atoms with Crippen LogP contribution in [0.5, 0.6) is 0 Å². The number of hydrogen-bond donors (Lipinski definition) is 1. The molecule has 2 N–H and O–H groups in total. The molecule has 0 aliphatic carbocycles. The first-order valence-corrected chi connectivity index (χ1v) is 5.83. The number of thiazole rings is 1. The van der Waals surface area contributed by atoms with Gasteiger partial charge in [0.15, 0.2) is 5.82 Å². The molecule has 0 saturated heterocycles. The van der Waals surface area contributed by atoms with Crippen LogP contribution < -0.4 is 5.73 Å². The van der Waals surface area contributed by atoms with Gasteiger partial charge in [-0.05, 0) is 5.56 Å². The van der Waals surface area contributed by atoms with Gasteiger partial charge in [0.1, 0.15) is 5.82 Å².